The summed E-state index contributed by atoms with van der Waals surface area (Å²) in [7, 11) is 1.36. The van der Waals surface area contributed by atoms with E-state index in [0.717, 1.165) is 4.90 Å². The van der Waals surface area contributed by atoms with Gasteiger partial charge in [0.05, 0.1) is 61.3 Å². The van der Waals surface area contributed by atoms with Crippen molar-refractivity contribution in [1.82, 2.24) is 4.98 Å². The minimum absolute atomic E-state index is 0.0186. The van der Waals surface area contributed by atoms with Gasteiger partial charge >= 0.3 is 12.4 Å². The molecule has 1 aliphatic rings. The number of likely N-dealkylation sites (N-methyl/N-ethyl adjacent to an activating group) is 1. The van der Waals surface area contributed by atoms with Crippen molar-refractivity contribution in [2.24, 2.45) is 5.92 Å². The van der Waals surface area contributed by atoms with Crippen LogP contribution < -0.4 is 15.1 Å². The van der Waals surface area contributed by atoms with Crippen molar-refractivity contribution in [3.63, 3.8) is 0 Å². The van der Waals surface area contributed by atoms with Crippen molar-refractivity contribution in [1.29, 1.82) is 0 Å². The molecule has 1 amide bonds. The lowest BCUT2D eigenvalue weighted by Crippen LogP contribution is -2.88. The van der Waals surface area contributed by atoms with Crippen LogP contribution in [-0.4, -0.2) is 68.5 Å². The maximum Gasteiger partial charge on any atom is 0.416 e. The predicted molar refractivity (Wildman–Crippen MR) is 167 cm³/mol. The fourth-order valence-electron chi connectivity index (χ4n) is 5.85. The Kier molecular flexibility index (Phi) is 11.1. The van der Waals surface area contributed by atoms with E-state index >= 15 is 0 Å². The van der Waals surface area contributed by atoms with E-state index in [9.17, 15) is 40.6 Å². The molecule has 0 radical (unpaired) electrons. The number of aryl methyl sites for hydroxylation is 1. The van der Waals surface area contributed by atoms with Gasteiger partial charge in [-0.05, 0) is 79.8 Å². The number of ether oxygens (including phenoxy) is 1. The minimum Gasteiger partial charge on any atom is -0.394 e. The highest BCUT2D eigenvalue weighted by atomic mass is 19.4. The van der Waals surface area contributed by atoms with Gasteiger partial charge < -0.3 is 25.0 Å². The molecular weight excluding hydrogens is 645 g/mol. The smallest absolute Gasteiger partial charge is 0.394 e. The van der Waals surface area contributed by atoms with Crippen molar-refractivity contribution in [2.75, 3.05) is 56.3 Å². The van der Waals surface area contributed by atoms with Gasteiger partial charge in [-0.1, -0.05) is 13.0 Å². The van der Waals surface area contributed by atoms with Crippen LogP contribution in [0.4, 0.5) is 42.2 Å². The standard InChI is InChI=1S/C34H39F7N4O3/c1-20-17-45(26(18-46)15-42-8-9-48-19-20)30-14-28(27-7-6-25(35)10-21(27)2)29(16-43-30)44(5)31(47)32(3,4)22-11-23(33(36,37)38)13-24(12-22)34(39,40)41/h6-7,10-14,16,20,26,42,46H,8-9,15,17-19H2,1-5H3/p+1/t20-,26-/m0/s1. The molecule has 14 heteroatoms. The largest absolute Gasteiger partial charge is 0.416 e. The lowest BCUT2D eigenvalue weighted by molar-refractivity contribution is -0.658. The number of aliphatic hydroxyl groups is 1. The zero-order chi connectivity index (χ0) is 35.6. The van der Waals surface area contributed by atoms with Crippen molar-refractivity contribution in [3.05, 3.63) is 76.7 Å². The first kappa shape index (κ1) is 37.1. The maximum absolute atomic E-state index is 14.2. The first-order valence-electron chi connectivity index (χ1n) is 15.5. The van der Waals surface area contributed by atoms with Gasteiger partial charge in [0.15, 0.2) is 0 Å². The van der Waals surface area contributed by atoms with Crippen LogP contribution in [0.1, 0.15) is 43.0 Å². The van der Waals surface area contributed by atoms with E-state index in [1.165, 1.54) is 45.3 Å². The van der Waals surface area contributed by atoms with E-state index in [2.05, 4.69) is 4.98 Å². The fraction of sp³-hybridized carbons (Fsp3) is 0.471. The summed E-state index contributed by atoms with van der Waals surface area (Å²) in [6, 6.07) is 6.55. The molecule has 48 heavy (non-hydrogen) atoms. The second kappa shape index (κ2) is 14.4. The zero-order valence-electron chi connectivity index (χ0n) is 27.3. The van der Waals surface area contributed by atoms with Crippen molar-refractivity contribution in [2.45, 2.75) is 51.5 Å². The number of alkyl halides is 6. The number of benzene rings is 2. The molecule has 7 nitrogen and oxygen atoms in total. The normalized spacial score (nSPS) is 18.5. The highest BCUT2D eigenvalue weighted by molar-refractivity contribution is 6.03. The van der Waals surface area contributed by atoms with Crippen LogP contribution in [0, 0.1) is 18.7 Å². The number of pyridine rings is 1. The number of carbonyl (C=O) groups excluding carboxylic acids is 1. The van der Waals surface area contributed by atoms with Crippen molar-refractivity contribution < 1.29 is 50.7 Å². The van der Waals surface area contributed by atoms with Crippen LogP contribution in [0.15, 0.2) is 48.7 Å². The van der Waals surface area contributed by atoms with Gasteiger partial charge in [0, 0.05) is 19.2 Å². The molecule has 262 valence electrons. The van der Waals surface area contributed by atoms with Crippen molar-refractivity contribution >= 4 is 17.4 Å². The summed E-state index contributed by atoms with van der Waals surface area (Å²) in [6.07, 6.45) is -8.79. The lowest BCUT2D eigenvalue weighted by atomic mass is 9.81. The fourth-order valence-corrected chi connectivity index (χ4v) is 5.85. The molecule has 3 N–H and O–H groups in total. The van der Waals surface area contributed by atoms with Gasteiger partial charge in [-0.25, -0.2) is 9.37 Å². The topological polar surface area (TPSA) is 82.5 Å². The predicted octanol–water partition coefficient (Wildman–Crippen LogP) is 5.57. The molecule has 1 aliphatic heterocycles. The molecule has 0 spiro atoms. The number of quaternary nitrogens is 1. The first-order chi connectivity index (χ1) is 22.3. The number of hydrogen-bond donors (Lipinski definition) is 2. The van der Waals surface area contributed by atoms with Crippen LogP contribution in [0.2, 0.25) is 0 Å². The minimum atomic E-state index is -5.09. The molecule has 0 unspecified atom stereocenters. The van der Waals surface area contributed by atoms with Gasteiger partial charge in [-0.15, -0.1) is 0 Å². The first-order valence-corrected chi connectivity index (χ1v) is 15.5. The number of carbonyl (C=O) groups is 1. The molecule has 0 bridgehead atoms. The van der Waals surface area contributed by atoms with Crippen LogP contribution in [0.5, 0.6) is 0 Å². The number of nitrogens with two attached hydrogens (primary N) is 1. The number of halogens is 7. The number of amides is 1. The Morgan fingerprint density at radius 2 is 1.65 bits per heavy atom. The molecular formula is C34H40F7N4O3+. The number of aliphatic hydroxyl groups excluding tert-OH is 1. The Balaban J connectivity index is 1.85. The van der Waals surface area contributed by atoms with Gasteiger partial charge in [-0.2, -0.15) is 26.3 Å². The number of aromatic nitrogens is 1. The summed E-state index contributed by atoms with van der Waals surface area (Å²) >= 11 is 0. The Labute approximate surface area is 274 Å². The molecule has 1 fully saturated rings. The zero-order valence-corrected chi connectivity index (χ0v) is 27.3. The maximum atomic E-state index is 14.2. The Bertz CT molecular complexity index is 1580. The van der Waals surface area contributed by atoms with Crippen LogP contribution in [0.25, 0.3) is 11.1 Å². The summed E-state index contributed by atoms with van der Waals surface area (Å²) in [5.74, 6) is -0.805. The molecule has 1 saturated heterocycles. The van der Waals surface area contributed by atoms with Gasteiger partial charge in [0.25, 0.3) is 0 Å². The molecule has 1 aromatic heterocycles. The Morgan fingerprint density at radius 1 is 1.02 bits per heavy atom. The highest BCUT2D eigenvalue weighted by Crippen LogP contribution is 2.41. The third-order valence-electron chi connectivity index (χ3n) is 8.62. The second-order valence-corrected chi connectivity index (χ2v) is 12.8. The van der Waals surface area contributed by atoms with E-state index < -0.39 is 46.2 Å². The summed E-state index contributed by atoms with van der Waals surface area (Å²) in [5.41, 5.74) is -3.75. The summed E-state index contributed by atoms with van der Waals surface area (Å²) < 4.78 is 102. The summed E-state index contributed by atoms with van der Waals surface area (Å²) in [5, 5.41) is 12.4. The number of hydrogen-bond acceptors (Lipinski definition) is 5. The van der Waals surface area contributed by atoms with E-state index in [-0.39, 0.29) is 30.3 Å². The molecule has 2 aromatic carbocycles. The third-order valence-corrected chi connectivity index (χ3v) is 8.62. The van der Waals surface area contributed by atoms with Crippen LogP contribution in [0.3, 0.4) is 0 Å². The molecule has 0 saturated carbocycles. The number of anilines is 2. The number of rotatable bonds is 6. The monoisotopic (exact) mass is 685 g/mol. The average molecular weight is 686 g/mol. The van der Waals surface area contributed by atoms with E-state index in [4.69, 9.17) is 4.74 Å². The molecule has 3 aromatic rings. The third kappa shape index (κ3) is 8.27. The second-order valence-electron chi connectivity index (χ2n) is 12.8. The quantitative estimate of drug-likeness (QED) is 0.332. The molecule has 0 aliphatic carbocycles. The highest BCUT2D eigenvalue weighted by Gasteiger charge is 2.41. The van der Waals surface area contributed by atoms with Gasteiger partial charge in [0.2, 0.25) is 5.91 Å². The average Bonchev–Trinajstić information content (AvgIpc) is 3.01. The number of nitrogens with zero attached hydrogens (tertiary/aromatic N) is 3. The Hall–Kier alpha value is -3.75. The van der Waals surface area contributed by atoms with E-state index in [1.54, 1.807) is 13.0 Å². The SMILES string of the molecule is Cc1cc(F)ccc1-c1cc(N2C[C@H](C)COCC[NH2+]C[C@H]2CO)ncc1N(C)C(=O)C(C)(C)c1cc(C(F)(F)F)cc(C(F)(F)F)c1. The van der Waals surface area contributed by atoms with Crippen LogP contribution in [-0.2, 0) is 27.3 Å². The van der Waals surface area contributed by atoms with Crippen LogP contribution >= 0.6 is 0 Å². The van der Waals surface area contributed by atoms with Gasteiger partial charge in [0.1, 0.15) is 17.7 Å². The molecule has 4 rings (SSSR count). The summed E-state index contributed by atoms with van der Waals surface area (Å²) in [6.45, 7) is 8.73. The molecule has 2 atom stereocenters. The Morgan fingerprint density at radius 3 is 2.23 bits per heavy atom. The summed E-state index contributed by atoms with van der Waals surface area (Å²) in [4.78, 5) is 21.8. The molecule has 2 heterocycles. The van der Waals surface area contributed by atoms with Crippen molar-refractivity contribution in [3.8, 4) is 11.1 Å². The van der Waals surface area contributed by atoms with Gasteiger partial charge in [-0.3, -0.25) is 4.79 Å². The van der Waals surface area contributed by atoms with E-state index in [1.807, 2.05) is 17.1 Å². The van der Waals surface area contributed by atoms with E-state index in [0.29, 0.717) is 67.5 Å². The lowest BCUT2D eigenvalue weighted by Gasteiger charge is -2.35.